The van der Waals surface area contributed by atoms with E-state index in [1.54, 1.807) is 6.08 Å². The minimum absolute atomic E-state index is 0.0194. The number of amidine groups is 2. The number of hydrogen-bond acceptors (Lipinski definition) is 5. The number of carbonyl (C=O) groups excluding carboxylic acids is 2. The van der Waals surface area contributed by atoms with Crippen molar-refractivity contribution in [2.45, 2.75) is 19.3 Å². The number of amides is 2. The topological polar surface area (TPSA) is 89.2 Å². The van der Waals surface area contributed by atoms with Gasteiger partial charge in [-0.05, 0) is 47.0 Å². The normalized spacial score (nSPS) is 20.1. The third-order valence-electron chi connectivity index (χ3n) is 5.38. The van der Waals surface area contributed by atoms with Gasteiger partial charge in [-0.2, -0.15) is 15.1 Å². The lowest BCUT2D eigenvalue weighted by Gasteiger charge is -2.20. The van der Waals surface area contributed by atoms with E-state index in [4.69, 9.17) is 5.41 Å². The lowest BCUT2D eigenvalue weighted by Crippen LogP contribution is -2.35. The molecule has 0 aromatic heterocycles. The summed E-state index contributed by atoms with van der Waals surface area (Å²) in [5, 5.41) is 17.3. The van der Waals surface area contributed by atoms with Crippen molar-refractivity contribution < 1.29 is 9.59 Å². The van der Waals surface area contributed by atoms with Crippen molar-refractivity contribution in [2.24, 2.45) is 10.1 Å². The van der Waals surface area contributed by atoms with Gasteiger partial charge in [0, 0.05) is 13.1 Å². The van der Waals surface area contributed by atoms with Crippen LogP contribution < -0.4 is 0 Å². The molecule has 3 aliphatic rings. The third kappa shape index (κ3) is 3.33. The Morgan fingerprint density at radius 1 is 1.13 bits per heavy atom. The molecular formula is C22H19N5O2S. The van der Waals surface area contributed by atoms with Crippen molar-refractivity contribution in [2.75, 3.05) is 13.1 Å². The minimum atomic E-state index is -0.464. The fourth-order valence-electron chi connectivity index (χ4n) is 3.84. The summed E-state index contributed by atoms with van der Waals surface area (Å²) < 4.78 is 0. The van der Waals surface area contributed by atoms with Gasteiger partial charge in [0.05, 0.1) is 12.0 Å². The van der Waals surface area contributed by atoms with E-state index >= 15 is 0 Å². The molecule has 0 spiro atoms. The molecule has 1 saturated heterocycles. The molecule has 5 rings (SSSR count). The molecular weight excluding hydrogens is 398 g/mol. The summed E-state index contributed by atoms with van der Waals surface area (Å²) >= 11 is 1.19. The van der Waals surface area contributed by atoms with Crippen molar-refractivity contribution in [3.63, 3.8) is 0 Å². The molecule has 0 radical (unpaired) electrons. The average molecular weight is 417 g/mol. The van der Waals surface area contributed by atoms with Crippen LogP contribution in [0, 0.1) is 5.41 Å². The average Bonchev–Trinajstić information content (AvgIpc) is 3.41. The first-order chi connectivity index (χ1) is 14.6. The highest BCUT2D eigenvalue weighted by atomic mass is 32.2. The van der Waals surface area contributed by atoms with E-state index in [0.717, 1.165) is 42.3 Å². The first-order valence-electron chi connectivity index (χ1n) is 9.85. The molecule has 0 aliphatic carbocycles. The molecule has 0 bridgehead atoms. The molecule has 1 N–H and O–H groups in total. The fraction of sp³-hybridized carbons (Fsp3) is 0.227. The first kappa shape index (κ1) is 18.7. The number of carbonyl (C=O) groups is 2. The van der Waals surface area contributed by atoms with E-state index in [2.05, 4.69) is 10.1 Å². The Kier molecular flexibility index (Phi) is 4.71. The Bertz CT molecular complexity index is 1170. The highest BCUT2D eigenvalue weighted by molar-refractivity contribution is 8.27. The third-order valence-corrected chi connectivity index (χ3v) is 6.29. The van der Waals surface area contributed by atoms with Crippen LogP contribution in [0.5, 0.6) is 0 Å². The minimum Gasteiger partial charge on any atom is -0.342 e. The second kappa shape index (κ2) is 7.53. The summed E-state index contributed by atoms with van der Waals surface area (Å²) in [5.74, 6) is -0.452. The molecule has 2 amide bonds. The zero-order valence-corrected chi connectivity index (χ0v) is 17.0. The van der Waals surface area contributed by atoms with Crippen molar-refractivity contribution in [1.29, 1.82) is 5.41 Å². The second-order valence-corrected chi connectivity index (χ2v) is 8.39. The van der Waals surface area contributed by atoms with Crippen LogP contribution in [0.15, 0.2) is 58.1 Å². The van der Waals surface area contributed by atoms with Crippen molar-refractivity contribution in [1.82, 2.24) is 9.91 Å². The van der Waals surface area contributed by atoms with Gasteiger partial charge in [0.1, 0.15) is 5.04 Å². The van der Waals surface area contributed by atoms with E-state index in [1.807, 2.05) is 47.4 Å². The SMILES string of the molecule is N=C1C(=Cc2cccc3ccccc23)C(=O)N=C2SC(CC(=O)N3CCCC3)=NN12. The Balaban J connectivity index is 1.43. The maximum Gasteiger partial charge on any atom is 0.283 e. The zero-order valence-electron chi connectivity index (χ0n) is 16.2. The molecule has 150 valence electrons. The first-order valence-corrected chi connectivity index (χ1v) is 10.7. The number of hydrazone groups is 1. The highest BCUT2D eigenvalue weighted by Crippen LogP contribution is 2.30. The van der Waals surface area contributed by atoms with Crippen LogP contribution in [0.3, 0.4) is 0 Å². The number of thioether (sulfide) groups is 1. The van der Waals surface area contributed by atoms with Gasteiger partial charge in [0.25, 0.3) is 5.91 Å². The molecule has 1 fully saturated rings. The molecule has 2 aromatic rings. The summed E-state index contributed by atoms with van der Waals surface area (Å²) in [4.78, 5) is 31.1. The fourth-order valence-corrected chi connectivity index (χ4v) is 4.72. The van der Waals surface area contributed by atoms with Crippen molar-refractivity contribution >= 4 is 56.5 Å². The lowest BCUT2D eigenvalue weighted by atomic mass is 10.0. The van der Waals surface area contributed by atoms with Crippen LogP contribution in [0.4, 0.5) is 0 Å². The number of aliphatic imine (C=N–C) groups is 1. The summed E-state index contributed by atoms with van der Waals surface area (Å²) in [6.07, 6.45) is 3.93. The van der Waals surface area contributed by atoms with Crippen molar-refractivity contribution in [3.8, 4) is 0 Å². The summed E-state index contributed by atoms with van der Waals surface area (Å²) in [6, 6.07) is 13.7. The molecule has 7 nitrogen and oxygen atoms in total. The van der Waals surface area contributed by atoms with Gasteiger partial charge in [-0.1, -0.05) is 42.5 Å². The Morgan fingerprint density at radius 3 is 2.73 bits per heavy atom. The summed E-state index contributed by atoms with van der Waals surface area (Å²) in [7, 11) is 0. The van der Waals surface area contributed by atoms with Crippen LogP contribution in [0.1, 0.15) is 24.8 Å². The van der Waals surface area contributed by atoms with E-state index in [9.17, 15) is 9.59 Å². The molecule has 30 heavy (non-hydrogen) atoms. The molecule has 8 heteroatoms. The molecule has 2 aromatic carbocycles. The van der Waals surface area contributed by atoms with Crippen LogP contribution in [0.25, 0.3) is 16.8 Å². The van der Waals surface area contributed by atoms with Gasteiger partial charge in [-0.15, -0.1) is 0 Å². The number of likely N-dealkylation sites (tertiary alicyclic amines) is 1. The number of nitrogens with zero attached hydrogens (tertiary/aromatic N) is 4. The van der Waals surface area contributed by atoms with Crippen LogP contribution in [0.2, 0.25) is 0 Å². The van der Waals surface area contributed by atoms with Gasteiger partial charge in [0.2, 0.25) is 11.1 Å². The number of fused-ring (bicyclic) bond motifs is 2. The van der Waals surface area contributed by atoms with Crippen LogP contribution in [-0.2, 0) is 9.59 Å². The number of nitrogens with one attached hydrogen (secondary N) is 1. The maximum atomic E-state index is 12.7. The Labute approximate surface area is 177 Å². The van der Waals surface area contributed by atoms with Crippen molar-refractivity contribution in [3.05, 3.63) is 53.6 Å². The predicted molar refractivity (Wildman–Crippen MR) is 119 cm³/mol. The van der Waals surface area contributed by atoms with Crippen LogP contribution >= 0.6 is 11.8 Å². The number of rotatable bonds is 3. The largest absolute Gasteiger partial charge is 0.342 e. The zero-order chi connectivity index (χ0) is 20.7. The summed E-state index contributed by atoms with van der Waals surface area (Å²) in [5.41, 5.74) is 1.03. The standard InChI is InChI=1S/C22H19N5O2S/c23-20-17(12-15-8-5-7-14-6-1-2-9-16(14)15)21(29)24-22-27(20)25-18(30-22)13-19(28)26-10-3-4-11-26/h1-2,5-9,12,23H,3-4,10-11,13H2. The summed E-state index contributed by atoms with van der Waals surface area (Å²) in [6.45, 7) is 1.57. The van der Waals surface area contributed by atoms with Gasteiger partial charge < -0.3 is 4.90 Å². The van der Waals surface area contributed by atoms with E-state index in [0.29, 0.717) is 10.2 Å². The Morgan fingerprint density at radius 2 is 1.90 bits per heavy atom. The molecule has 3 aliphatic heterocycles. The van der Waals surface area contributed by atoms with Gasteiger partial charge >= 0.3 is 0 Å². The maximum absolute atomic E-state index is 12.7. The van der Waals surface area contributed by atoms with Gasteiger partial charge in [0.15, 0.2) is 5.84 Å². The predicted octanol–water partition coefficient (Wildman–Crippen LogP) is 3.47. The molecule has 0 unspecified atom stereocenters. The highest BCUT2D eigenvalue weighted by Gasteiger charge is 2.36. The van der Waals surface area contributed by atoms with E-state index in [1.165, 1.54) is 16.8 Å². The van der Waals surface area contributed by atoms with Gasteiger partial charge in [-0.3, -0.25) is 15.0 Å². The molecule has 3 heterocycles. The number of hydrogen-bond donors (Lipinski definition) is 1. The quantitative estimate of drug-likeness (QED) is 0.775. The molecule has 0 saturated carbocycles. The van der Waals surface area contributed by atoms with E-state index < -0.39 is 5.91 Å². The molecule has 0 atom stereocenters. The smallest absolute Gasteiger partial charge is 0.283 e. The van der Waals surface area contributed by atoms with E-state index in [-0.39, 0.29) is 23.7 Å². The van der Waals surface area contributed by atoms with Crippen LogP contribution in [-0.4, -0.2) is 50.9 Å². The lowest BCUT2D eigenvalue weighted by molar-refractivity contribution is -0.128. The Hall–Kier alpha value is -3.26. The van der Waals surface area contributed by atoms with Gasteiger partial charge in [-0.25, -0.2) is 0 Å². The number of benzene rings is 2. The second-order valence-electron chi connectivity index (χ2n) is 7.35. The monoisotopic (exact) mass is 417 g/mol.